The third-order valence-electron chi connectivity index (χ3n) is 10.3. The van der Waals surface area contributed by atoms with E-state index in [2.05, 4.69) is 163 Å². The molecule has 0 saturated heterocycles. The number of aromatic nitrogens is 2. The molecular weight excluding hydrogens is 585 g/mol. The number of para-hydroxylation sites is 2. The van der Waals surface area contributed by atoms with Crippen molar-refractivity contribution in [1.29, 1.82) is 0 Å². The van der Waals surface area contributed by atoms with Crippen molar-refractivity contribution >= 4 is 38.8 Å². The molecule has 2 aliphatic rings. The van der Waals surface area contributed by atoms with Gasteiger partial charge in [-0.2, -0.15) is 0 Å². The van der Waals surface area contributed by atoms with E-state index >= 15 is 0 Å². The second-order valence-corrected chi connectivity index (χ2v) is 13.4. The van der Waals surface area contributed by atoms with Crippen molar-refractivity contribution in [1.82, 2.24) is 9.13 Å². The Balaban J connectivity index is 1.18. The Kier molecular flexibility index (Phi) is 5.66. The van der Waals surface area contributed by atoms with Gasteiger partial charge in [-0.1, -0.05) is 78.9 Å². The summed E-state index contributed by atoms with van der Waals surface area (Å²) in [6.07, 6.45) is 6.63. The number of allylic oxidation sites excluding steroid dienone is 1. The quantitative estimate of drug-likeness (QED) is 0.193. The van der Waals surface area contributed by atoms with Gasteiger partial charge in [0.2, 0.25) is 0 Å². The fourth-order valence-electron chi connectivity index (χ4n) is 8.14. The molecule has 2 aromatic heterocycles. The van der Waals surface area contributed by atoms with Crippen LogP contribution in [0.3, 0.4) is 0 Å². The first kappa shape index (κ1) is 27.2. The van der Waals surface area contributed by atoms with Crippen LogP contribution in [0.25, 0.3) is 72.4 Å². The molecule has 0 unspecified atom stereocenters. The lowest BCUT2D eigenvalue weighted by Crippen LogP contribution is -2.29. The molecule has 1 aliphatic heterocycles. The third-order valence-corrected chi connectivity index (χ3v) is 10.3. The number of fused-ring (bicyclic) bond motifs is 9. The normalized spacial score (nSPS) is 14.4. The zero-order chi connectivity index (χ0) is 32.0. The SMILES string of the molecule is CC1(C)Oc2cccc(-n3c4c(c5cc(-c6ccc7c(c6)c6ccccc6n7-c6ccccc6)ccc53)C=CCC4)c2-c2c#cccc21. The van der Waals surface area contributed by atoms with Gasteiger partial charge in [0.15, 0.2) is 0 Å². The Morgan fingerprint density at radius 1 is 0.688 bits per heavy atom. The van der Waals surface area contributed by atoms with Crippen LogP contribution in [-0.2, 0) is 12.0 Å². The maximum absolute atomic E-state index is 6.65. The Morgan fingerprint density at radius 3 is 2.29 bits per heavy atom. The lowest BCUT2D eigenvalue weighted by atomic mass is 9.86. The summed E-state index contributed by atoms with van der Waals surface area (Å²) < 4.78 is 11.5. The molecule has 228 valence electrons. The van der Waals surface area contributed by atoms with E-state index in [0.29, 0.717) is 0 Å². The highest BCUT2D eigenvalue weighted by molar-refractivity contribution is 6.10. The van der Waals surface area contributed by atoms with Crippen molar-refractivity contribution in [3.63, 3.8) is 0 Å². The summed E-state index contributed by atoms with van der Waals surface area (Å²) in [6.45, 7) is 4.26. The average Bonchev–Trinajstić information content (AvgIpc) is 3.64. The summed E-state index contributed by atoms with van der Waals surface area (Å²) >= 11 is 0. The first-order valence-electron chi connectivity index (χ1n) is 16.8. The Hall–Kier alpha value is -5.98. The highest BCUT2D eigenvalue weighted by atomic mass is 16.5. The van der Waals surface area contributed by atoms with E-state index in [4.69, 9.17) is 4.74 Å². The molecule has 3 heterocycles. The molecule has 0 N–H and O–H groups in total. The van der Waals surface area contributed by atoms with Gasteiger partial charge < -0.3 is 13.9 Å². The second kappa shape index (κ2) is 10.0. The molecule has 6 aromatic carbocycles. The maximum Gasteiger partial charge on any atom is 0.131 e. The van der Waals surface area contributed by atoms with Crippen LogP contribution in [0.4, 0.5) is 0 Å². The zero-order valence-corrected chi connectivity index (χ0v) is 26.9. The van der Waals surface area contributed by atoms with Gasteiger partial charge >= 0.3 is 0 Å². The molecule has 0 spiro atoms. The number of hydrogen-bond acceptors (Lipinski definition) is 1. The monoisotopic (exact) mass is 616 g/mol. The van der Waals surface area contributed by atoms with Gasteiger partial charge in [0.25, 0.3) is 0 Å². The highest BCUT2D eigenvalue weighted by Gasteiger charge is 2.35. The Morgan fingerprint density at radius 2 is 1.44 bits per heavy atom. The first-order chi connectivity index (χ1) is 23.6. The fourth-order valence-corrected chi connectivity index (χ4v) is 8.14. The smallest absolute Gasteiger partial charge is 0.131 e. The van der Waals surface area contributed by atoms with Gasteiger partial charge in [0.05, 0.1) is 27.8 Å². The molecular formula is C45H32N2O. The number of rotatable bonds is 3. The minimum absolute atomic E-state index is 0.448. The molecule has 3 nitrogen and oxygen atoms in total. The molecule has 0 saturated carbocycles. The van der Waals surface area contributed by atoms with Gasteiger partial charge in [0.1, 0.15) is 11.4 Å². The van der Waals surface area contributed by atoms with Gasteiger partial charge in [0, 0.05) is 44.2 Å². The second-order valence-electron chi connectivity index (χ2n) is 13.4. The summed E-state index contributed by atoms with van der Waals surface area (Å²) in [5, 5.41) is 3.79. The molecule has 0 radical (unpaired) electrons. The van der Waals surface area contributed by atoms with Crippen molar-refractivity contribution in [2.75, 3.05) is 0 Å². The Bertz CT molecular complexity index is 2610. The van der Waals surface area contributed by atoms with Gasteiger partial charge in [-0.3, -0.25) is 0 Å². The van der Waals surface area contributed by atoms with Crippen LogP contribution >= 0.6 is 0 Å². The highest BCUT2D eigenvalue weighted by Crippen LogP contribution is 2.48. The summed E-state index contributed by atoms with van der Waals surface area (Å²) in [5.41, 5.74) is 13.9. The third kappa shape index (κ3) is 3.84. The van der Waals surface area contributed by atoms with E-state index in [-0.39, 0.29) is 0 Å². The molecule has 10 rings (SSSR count). The minimum atomic E-state index is -0.448. The van der Waals surface area contributed by atoms with Crippen molar-refractivity contribution in [2.24, 2.45) is 0 Å². The molecule has 8 aromatic rings. The van der Waals surface area contributed by atoms with Gasteiger partial charge in [-0.05, 0) is 105 Å². The van der Waals surface area contributed by atoms with Crippen LogP contribution in [0.2, 0.25) is 0 Å². The van der Waals surface area contributed by atoms with Crippen molar-refractivity contribution in [3.05, 3.63) is 156 Å². The molecule has 0 bridgehead atoms. The van der Waals surface area contributed by atoms with Crippen molar-refractivity contribution in [3.8, 4) is 39.4 Å². The van der Waals surface area contributed by atoms with E-state index in [9.17, 15) is 0 Å². The predicted octanol–water partition coefficient (Wildman–Crippen LogP) is 11.2. The Labute approximate surface area is 280 Å². The van der Waals surface area contributed by atoms with E-state index in [1.165, 1.54) is 60.8 Å². The van der Waals surface area contributed by atoms with Crippen LogP contribution < -0.4 is 4.74 Å². The molecule has 0 atom stereocenters. The summed E-state index contributed by atoms with van der Waals surface area (Å²) in [5.74, 6) is 0.891. The lowest BCUT2D eigenvalue weighted by molar-refractivity contribution is 0.106. The van der Waals surface area contributed by atoms with E-state index in [1.54, 1.807) is 0 Å². The van der Waals surface area contributed by atoms with Crippen LogP contribution in [0.1, 0.15) is 37.1 Å². The summed E-state index contributed by atoms with van der Waals surface area (Å²) in [4.78, 5) is 0. The number of nitrogens with zero attached hydrogens (tertiary/aromatic N) is 2. The summed E-state index contributed by atoms with van der Waals surface area (Å²) in [7, 11) is 0. The fraction of sp³-hybridized carbons (Fsp3) is 0.111. The molecule has 3 heteroatoms. The van der Waals surface area contributed by atoms with Crippen molar-refractivity contribution < 1.29 is 4.74 Å². The molecule has 1 aliphatic carbocycles. The molecule has 48 heavy (non-hydrogen) atoms. The topological polar surface area (TPSA) is 19.1 Å². The average molecular weight is 617 g/mol. The number of hydrogen-bond donors (Lipinski definition) is 0. The maximum atomic E-state index is 6.65. The number of benzene rings is 5. The first-order valence-corrected chi connectivity index (χ1v) is 16.8. The lowest BCUT2D eigenvalue weighted by Gasteiger charge is -2.35. The van der Waals surface area contributed by atoms with Gasteiger partial charge in [-0.25, -0.2) is 0 Å². The van der Waals surface area contributed by atoms with Crippen LogP contribution in [0.15, 0.2) is 127 Å². The number of ether oxygens (including phenoxy) is 1. The van der Waals surface area contributed by atoms with Crippen molar-refractivity contribution in [2.45, 2.75) is 32.3 Å². The predicted molar refractivity (Wildman–Crippen MR) is 197 cm³/mol. The zero-order valence-electron chi connectivity index (χ0n) is 26.9. The summed E-state index contributed by atoms with van der Waals surface area (Å²) in [6, 6.07) is 50.5. The van der Waals surface area contributed by atoms with Crippen LogP contribution in [0, 0.1) is 12.1 Å². The van der Waals surface area contributed by atoms with Gasteiger partial charge in [-0.15, -0.1) is 0 Å². The largest absolute Gasteiger partial charge is 0.482 e. The minimum Gasteiger partial charge on any atom is -0.482 e. The molecule has 0 amide bonds. The van der Waals surface area contributed by atoms with E-state index in [0.717, 1.165) is 41.0 Å². The van der Waals surface area contributed by atoms with E-state index in [1.807, 2.05) is 6.07 Å². The van der Waals surface area contributed by atoms with E-state index < -0.39 is 5.60 Å². The standard InChI is InChI=1S/C45H32N2O/c1-45(2)37-18-9-6-17-34(37)44-42(21-12-22-43(44)48-45)47-39-20-11-8-16-33(39)36-28-30(24-26-41(36)47)29-23-25-40-35(27-29)32-15-7-10-19-38(32)46(40)31-13-4-3-5-14-31/h3-5,7-10,12-16,18-19,21-28H,11,20H2,1-2H3. The molecule has 0 fully saturated rings. The van der Waals surface area contributed by atoms with Crippen LogP contribution in [-0.4, -0.2) is 9.13 Å². The van der Waals surface area contributed by atoms with Crippen LogP contribution in [0.5, 0.6) is 5.75 Å².